The Balaban J connectivity index is 1.71. The highest BCUT2D eigenvalue weighted by Gasteiger charge is 2.30. The summed E-state index contributed by atoms with van der Waals surface area (Å²) in [5.41, 5.74) is 4.57. The number of nitrogens with zero attached hydrogens (tertiary/aromatic N) is 3. The van der Waals surface area contributed by atoms with E-state index in [1.165, 1.54) is 36.8 Å². The molecule has 4 rings (SSSR count). The van der Waals surface area contributed by atoms with Crippen molar-refractivity contribution in [1.29, 1.82) is 0 Å². The van der Waals surface area contributed by atoms with Crippen molar-refractivity contribution in [3.05, 3.63) is 47.7 Å². The van der Waals surface area contributed by atoms with Crippen molar-refractivity contribution < 1.29 is 4.74 Å². The van der Waals surface area contributed by atoms with Gasteiger partial charge in [-0.25, -0.2) is 9.97 Å². The van der Waals surface area contributed by atoms with Crippen LogP contribution in [0.4, 0.5) is 11.6 Å². The fourth-order valence-electron chi connectivity index (χ4n) is 3.81. The van der Waals surface area contributed by atoms with Gasteiger partial charge in [0.1, 0.15) is 5.76 Å². The zero-order chi connectivity index (χ0) is 16.4. The maximum atomic E-state index is 5.72. The van der Waals surface area contributed by atoms with Gasteiger partial charge in [-0.1, -0.05) is 12.8 Å². The van der Waals surface area contributed by atoms with Crippen LogP contribution in [0, 0.1) is 5.92 Å². The normalized spacial score (nSPS) is 17.7. The highest BCUT2D eigenvalue weighted by atomic mass is 16.5. The van der Waals surface area contributed by atoms with E-state index in [9.17, 15) is 0 Å². The van der Waals surface area contributed by atoms with Gasteiger partial charge in [-0.05, 0) is 42.9 Å². The van der Waals surface area contributed by atoms with Gasteiger partial charge < -0.3 is 10.1 Å². The van der Waals surface area contributed by atoms with Gasteiger partial charge in [0.05, 0.1) is 12.8 Å². The number of anilines is 2. The third-order valence-corrected chi connectivity index (χ3v) is 4.99. The molecule has 0 bridgehead atoms. The van der Waals surface area contributed by atoms with Crippen LogP contribution in [-0.4, -0.2) is 22.1 Å². The Morgan fingerprint density at radius 2 is 1.92 bits per heavy atom. The summed E-state index contributed by atoms with van der Waals surface area (Å²) in [5.74, 6) is 2.32. The van der Waals surface area contributed by atoms with Crippen LogP contribution in [0.5, 0.6) is 0 Å². The molecule has 2 aliphatic rings. The molecule has 2 heterocycles. The van der Waals surface area contributed by atoms with Gasteiger partial charge >= 0.3 is 0 Å². The van der Waals surface area contributed by atoms with E-state index in [1.807, 2.05) is 18.3 Å². The lowest BCUT2D eigenvalue weighted by Gasteiger charge is -2.25. The average molecular weight is 322 g/mol. The number of pyridine rings is 1. The third kappa shape index (κ3) is 2.86. The van der Waals surface area contributed by atoms with Crippen LogP contribution in [0.3, 0.4) is 0 Å². The number of hydrogen-bond acceptors (Lipinski definition) is 5. The molecule has 0 aliphatic heterocycles. The highest BCUT2D eigenvalue weighted by molar-refractivity contribution is 5.72. The number of ether oxygens (including phenoxy) is 1. The molecule has 0 amide bonds. The van der Waals surface area contributed by atoms with E-state index in [1.54, 1.807) is 19.5 Å². The lowest BCUT2D eigenvalue weighted by atomic mass is 9.85. The lowest BCUT2D eigenvalue weighted by molar-refractivity contribution is 0.274. The number of aryl methyl sites for hydroxylation is 1. The number of nitrogens with one attached hydrogen (secondary N) is 1. The molecule has 24 heavy (non-hydrogen) atoms. The molecule has 2 aromatic rings. The molecule has 2 aliphatic carbocycles. The van der Waals surface area contributed by atoms with Gasteiger partial charge in [0.2, 0.25) is 5.95 Å². The molecule has 1 saturated carbocycles. The van der Waals surface area contributed by atoms with Crippen LogP contribution in [0.25, 0.3) is 5.57 Å². The van der Waals surface area contributed by atoms with Crippen LogP contribution in [0.1, 0.15) is 43.4 Å². The van der Waals surface area contributed by atoms with Gasteiger partial charge in [-0.3, -0.25) is 4.98 Å². The number of aromatic nitrogens is 3. The van der Waals surface area contributed by atoms with E-state index >= 15 is 0 Å². The minimum Gasteiger partial charge on any atom is -0.501 e. The number of fused-ring (bicyclic) bond motifs is 1. The molecule has 1 fully saturated rings. The molecule has 2 aromatic heterocycles. The van der Waals surface area contributed by atoms with E-state index in [4.69, 9.17) is 9.72 Å². The van der Waals surface area contributed by atoms with Crippen molar-refractivity contribution in [2.24, 2.45) is 5.92 Å². The Labute approximate surface area is 142 Å². The van der Waals surface area contributed by atoms with E-state index in [-0.39, 0.29) is 0 Å². The summed E-state index contributed by atoms with van der Waals surface area (Å²) in [5, 5.41) is 3.27. The van der Waals surface area contributed by atoms with E-state index in [2.05, 4.69) is 15.3 Å². The van der Waals surface area contributed by atoms with Crippen LogP contribution >= 0.6 is 0 Å². The predicted molar refractivity (Wildman–Crippen MR) is 93.8 cm³/mol. The second kappa shape index (κ2) is 6.59. The SMILES string of the molecule is COC1=C(C2CCCC2)c2nc(Nc3ccncc3)ncc2CC1. The fourth-order valence-corrected chi connectivity index (χ4v) is 3.81. The van der Waals surface area contributed by atoms with E-state index < -0.39 is 0 Å². The summed E-state index contributed by atoms with van der Waals surface area (Å²) in [6.45, 7) is 0. The molecular formula is C19H22N4O. The van der Waals surface area contributed by atoms with E-state index in [0.29, 0.717) is 11.9 Å². The summed E-state index contributed by atoms with van der Waals surface area (Å²) < 4.78 is 5.72. The maximum Gasteiger partial charge on any atom is 0.227 e. The van der Waals surface area contributed by atoms with Crippen molar-refractivity contribution in [3.63, 3.8) is 0 Å². The average Bonchev–Trinajstić information content (AvgIpc) is 3.15. The van der Waals surface area contributed by atoms with Crippen molar-refractivity contribution in [2.45, 2.75) is 38.5 Å². The van der Waals surface area contributed by atoms with Crippen LogP contribution in [-0.2, 0) is 11.2 Å². The second-order valence-corrected chi connectivity index (χ2v) is 6.45. The quantitative estimate of drug-likeness (QED) is 0.918. The molecular weight excluding hydrogens is 300 g/mol. The molecule has 5 heteroatoms. The number of rotatable bonds is 4. The maximum absolute atomic E-state index is 5.72. The zero-order valence-electron chi connectivity index (χ0n) is 14.0. The molecule has 1 N–H and O–H groups in total. The van der Waals surface area contributed by atoms with Crippen molar-refractivity contribution in [3.8, 4) is 0 Å². The topological polar surface area (TPSA) is 59.9 Å². The van der Waals surface area contributed by atoms with Gasteiger partial charge in [0.25, 0.3) is 0 Å². The number of methoxy groups -OCH3 is 1. The first-order valence-electron chi connectivity index (χ1n) is 8.65. The van der Waals surface area contributed by atoms with E-state index in [0.717, 1.165) is 30.0 Å². The summed E-state index contributed by atoms with van der Waals surface area (Å²) in [7, 11) is 1.78. The highest BCUT2D eigenvalue weighted by Crippen LogP contribution is 2.42. The van der Waals surface area contributed by atoms with Crippen LogP contribution < -0.4 is 5.32 Å². The Hall–Kier alpha value is -2.43. The summed E-state index contributed by atoms with van der Waals surface area (Å²) in [6.07, 6.45) is 12.5. The monoisotopic (exact) mass is 322 g/mol. The molecule has 0 atom stereocenters. The van der Waals surface area contributed by atoms with Gasteiger partial charge in [-0.15, -0.1) is 0 Å². The van der Waals surface area contributed by atoms with Gasteiger partial charge in [0.15, 0.2) is 0 Å². The van der Waals surface area contributed by atoms with Crippen molar-refractivity contribution in [1.82, 2.24) is 15.0 Å². The standard InChI is InChI=1S/C19H22N4O/c1-24-16-7-6-14-12-21-19(22-15-8-10-20-11-9-15)23-18(14)17(16)13-4-2-3-5-13/h8-13H,2-7H2,1H3,(H,20,21,22,23). The smallest absolute Gasteiger partial charge is 0.227 e. The Morgan fingerprint density at radius 1 is 1.12 bits per heavy atom. The van der Waals surface area contributed by atoms with Crippen LogP contribution in [0.2, 0.25) is 0 Å². The summed E-state index contributed by atoms with van der Waals surface area (Å²) in [4.78, 5) is 13.4. The first-order valence-corrected chi connectivity index (χ1v) is 8.65. The Kier molecular flexibility index (Phi) is 4.15. The Morgan fingerprint density at radius 3 is 2.67 bits per heavy atom. The summed E-state index contributed by atoms with van der Waals surface area (Å²) in [6, 6.07) is 3.83. The van der Waals surface area contributed by atoms with Crippen molar-refractivity contribution >= 4 is 17.2 Å². The molecule has 124 valence electrons. The third-order valence-electron chi connectivity index (χ3n) is 4.99. The lowest BCUT2D eigenvalue weighted by Crippen LogP contribution is -2.15. The molecule has 0 unspecified atom stereocenters. The fraction of sp³-hybridized carbons (Fsp3) is 0.421. The minimum atomic E-state index is 0.572. The Bertz CT molecular complexity index is 751. The predicted octanol–water partition coefficient (Wildman–Crippen LogP) is 4.11. The minimum absolute atomic E-state index is 0.572. The van der Waals surface area contributed by atoms with Crippen LogP contribution in [0.15, 0.2) is 36.5 Å². The first-order chi connectivity index (χ1) is 11.8. The molecule has 0 saturated heterocycles. The first kappa shape index (κ1) is 15.1. The van der Waals surface area contributed by atoms with Gasteiger partial charge in [-0.2, -0.15) is 0 Å². The molecule has 0 radical (unpaired) electrons. The summed E-state index contributed by atoms with van der Waals surface area (Å²) >= 11 is 0. The zero-order valence-corrected chi connectivity index (χ0v) is 14.0. The number of hydrogen-bond donors (Lipinski definition) is 1. The number of allylic oxidation sites excluding steroid dienone is 2. The van der Waals surface area contributed by atoms with Crippen molar-refractivity contribution in [2.75, 3.05) is 12.4 Å². The molecule has 5 nitrogen and oxygen atoms in total. The van der Waals surface area contributed by atoms with Gasteiger partial charge in [0, 0.05) is 36.3 Å². The molecule has 0 aromatic carbocycles. The molecule has 0 spiro atoms. The second-order valence-electron chi connectivity index (χ2n) is 6.45. The largest absolute Gasteiger partial charge is 0.501 e.